The summed E-state index contributed by atoms with van der Waals surface area (Å²) in [6.45, 7) is 0.562. The van der Waals surface area contributed by atoms with Crippen molar-refractivity contribution in [3.63, 3.8) is 0 Å². The molecule has 0 fully saturated rings. The molecule has 1 aromatic heterocycles. The van der Waals surface area contributed by atoms with Crippen LogP contribution in [-0.4, -0.2) is 18.3 Å². The number of H-pyrrole nitrogens is 1. The Labute approximate surface area is 85.0 Å². The molecule has 0 aliphatic carbocycles. The molecule has 0 saturated heterocycles. The summed E-state index contributed by atoms with van der Waals surface area (Å²) >= 11 is 0. The van der Waals surface area contributed by atoms with Gasteiger partial charge in [0.1, 0.15) is 6.20 Å². The quantitative estimate of drug-likeness (QED) is 0.753. The minimum absolute atomic E-state index is 0.0492. The van der Waals surface area contributed by atoms with Crippen molar-refractivity contribution in [1.82, 2.24) is 0 Å². The number of aliphatic hydroxyl groups is 1. The highest BCUT2D eigenvalue weighted by atomic mass is 19.4. The molecule has 84 valence electrons. The van der Waals surface area contributed by atoms with E-state index in [-0.39, 0.29) is 6.61 Å². The third-order valence-electron chi connectivity index (χ3n) is 1.79. The van der Waals surface area contributed by atoms with Gasteiger partial charge < -0.3 is 5.11 Å². The zero-order chi connectivity index (χ0) is 11.3. The minimum atomic E-state index is -4.32. The van der Waals surface area contributed by atoms with E-state index in [0.29, 0.717) is 18.8 Å². The SMILES string of the molecule is OCCCNc1ccc(C(F)(F)F)c[nH+]1. The molecular formula is C9H12F3N2O+. The molecule has 0 radical (unpaired) electrons. The van der Waals surface area contributed by atoms with E-state index in [1.165, 1.54) is 6.07 Å². The van der Waals surface area contributed by atoms with Crippen molar-refractivity contribution in [3.8, 4) is 0 Å². The van der Waals surface area contributed by atoms with Crippen LogP contribution in [0, 0.1) is 0 Å². The fraction of sp³-hybridized carbons (Fsp3) is 0.444. The van der Waals surface area contributed by atoms with Crippen molar-refractivity contribution >= 4 is 5.82 Å². The molecule has 0 amide bonds. The van der Waals surface area contributed by atoms with Gasteiger partial charge in [0.25, 0.3) is 5.82 Å². The molecule has 6 heteroatoms. The summed E-state index contributed by atoms with van der Waals surface area (Å²) in [5, 5.41) is 11.3. The molecule has 0 aliphatic rings. The van der Waals surface area contributed by atoms with Crippen LogP contribution in [0.5, 0.6) is 0 Å². The molecule has 0 saturated carbocycles. The first-order valence-electron chi connectivity index (χ1n) is 4.47. The Morgan fingerprint density at radius 3 is 2.53 bits per heavy atom. The van der Waals surface area contributed by atoms with Gasteiger partial charge in [0.05, 0.1) is 12.1 Å². The standard InChI is InChI=1S/C9H11F3N2O/c10-9(11,12)7-2-3-8(14-6-7)13-4-1-5-15/h2-3,6,15H,1,4-5H2,(H,13,14)/p+1. The fourth-order valence-corrected chi connectivity index (χ4v) is 1.01. The van der Waals surface area contributed by atoms with Gasteiger partial charge in [-0.15, -0.1) is 0 Å². The van der Waals surface area contributed by atoms with E-state index in [1.807, 2.05) is 0 Å². The Morgan fingerprint density at radius 1 is 1.33 bits per heavy atom. The highest BCUT2D eigenvalue weighted by Crippen LogP contribution is 2.27. The number of halogens is 3. The van der Waals surface area contributed by atoms with Gasteiger partial charge in [-0.25, -0.2) is 4.98 Å². The summed E-state index contributed by atoms with van der Waals surface area (Å²) in [7, 11) is 0. The van der Waals surface area contributed by atoms with Crippen molar-refractivity contribution in [1.29, 1.82) is 0 Å². The molecular weight excluding hydrogens is 209 g/mol. The minimum Gasteiger partial charge on any atom is -0.396 e. The summed E-state index contributed by atoms with van der Waals surface area (Å²) < 4.78 is 36.5. The van der Waals surface area contributed by atoms with Crippen LogP contribution in [0.25, 0.3) is 0 Å². The zero-order valence-corrected chi connectivity index (χ0v) is 7.93. The van der Waals surface area contributed by atoms with Crippen LogP contribution in [0.1, 0.15) is 12.0 Å². The maximum absolute atomic E-state index is 12.2. The number of aliphatic hydroxyl groups excluding tert-OH is 1. The van der Waals surface area contributed by atoms with Crippen molar-refractivity contribution in [2.45, 2.75) is 12.6 Å². The predicted octanol–water partition coefficient (Wildman–Crippen LogP) is 1.31. The smallest absolute Gasteiger partial charge is 0.396 e. The zero-order valence-electron chi connectivity index (χ0n) is 7.93. The maximum Gasteiger partial charge on any atom is 0.419 e. The summed E-state index contributed by atoms with van der Waals surface area (Å²) in [6, 6.07) is 2.32. The molecule has 0 atom stereocenters. The first-order valence-corrected chi connectivity index (χ1v) is 4.47. The summed E-state index contributed by atoms with van der Waals surface area (Å²) in [5.41, 5.74) is -0.713. The van der Waals surface area contributed by atoms with Gasteiger partial charge in [-0.2, -0.15) is 13.2 Å². The van der Waals surface area contributed by atoms with Crippen LogP contribution in [0.15, 0.2) is 18.3 Å². The average molecular weight is 221 g/mol. The first kappa shape index (κ1) is 11.8. The van der Waals surface area contributed by atoms with E-state index in [4.69, 9.17) is 5.11 Å². The Morgan fingerprint density at radius 2 is 2.07 bits per heavy atom. The second kappa shape index (κ2) is 4.97. The Bertz CT molecular complexity index is 297. The van der Waals surface area contributed by atoms with Gasteiger partial charge in [-0.3, -0.25) is 5.32 Å². The molecule has 0 unspecified atom stereocenters. The van der Waals surface area contributed by atoms with E-state index >= 15 is 0 Å². The number of hydrogen-bond acceptors (Lipinski definition) is 2. The average Bonchev–Trinajstić information content (AvgIpc) is 2.18. The van der Waals surface area contributed by atoms with Crippen LogP contribution in [0.2, 0.25) is 0 Å². The van der Waals surface area contributed by atoms with Gasteiger partial charge >= 0.3 is 6.18 Å². The molecule has 1 heterocycles. The van der Waals surface area contributed by atoms with E-state index in [9.17, 15) is 13.2 Å². The lowest BCUT2D eigenvalue weighted by atomic mass is 10.3. The van der Waals surface area contributed by atoms with E-state index in [0.717, 1.165) is 12.3 Å². The number of alkyl halides is 3. The lowest BCUT2D eigenvalue weighted by Crippen LogP contribution is -2.17. The van der Waals surface area contributed by atoms with Crippen molar-refractivity contribution in [2.24, 2.45) is 0 Å². The first-order chi connectivity index (χ1) is 7.04. The molecule has 3 N–H and O–H groups in total. The fourth-order valence-electron chi connectivity index (χ4n) is 1.01. The van der Waals surface area contributed by atoms with Gasteiger partial charge in [-0.1, -0.05) is 0 Å². The number of aromatic amines is 1. The number of nitrogens with one attached hydrogen (secondary N) is 2. The van der Waals surface area contributed by atoms with E-state index < -0.39 is 11.7 Å². The van der Waals surface area contributed by atoms with Crippen LogP contribution < -0.4 is 10.3 Å². The van der Waals surface area contributed by atoms with Crippen molar-refractivity contribution in [2.75, 3.05) is 18.5 Å². The second-order valence-corrected chi connectivity index (χ2v) is 2.99. The molecule has 1 aromatic rings. The maximum atomic E-state index is 12.2. The predicted molar refractivity (Wildman–Crippen MR) is 48.2 cm³/mol. The monoisotopic (exact) mass is 221 g/mol. The highest BCUT2D eigenvalue weighted by molar-refractivity contribution is 5.29. The normalized spacial score (nSPS) is 11.5. The molecule has 0 bridgehead atoms. The third-order valence-corrected chi connectivity index (χ3v) is 1.79. The van der Waals surface area contributed by atoms with Gasteiger partial charge in [0, 0.05) is 19.1 Å². The number of rotatable bonds is 4. The van der Waals surface area contributed by atoms with Gasteiger partial charge in [0.15, 0.2) is 0 Å². The highest BCUT2D eigenvalue weighted by Gasteiger charge is 2.31. The summed E-state index contributed by atoms with van der Waals surface area (Å²) in [5.74, 6) is 0.497. The lowest BCUT2D eigenvalue weighted by molar-refractivity contribution is -0.364. The topological polar surface area (TPSA) is 46.4 Å². The Hall–Kier alpha value is -1.30. The van der Waals surface area contributed by atoms with Gasteiger partial charge in [0.2, 0.25) is 0 Å². The van der Waals surface area contributed by atoms with Crippen molar-refractivity contribution < 1.29 is 23.3 Å². The molecule has 15 heavy (non-hydrogen) atoms. The van der Waals surface area contributed by atoms with Crippen LogP contribution in [0.4, 0.5) is 19.0 Å². The molecule has 0 spiro atoms. The largest absolute Gasteiger partial charge is 0.419 e. The number of pyridine rings is 1. The number of aromatic nitrogens is 1. The van der Waals surface area contributed by atoms with Gasteiger partial charge in [-0.05, 0) is 6.07 Å². The number of hydrogen-bond donors (Lipinski definition) is 2. The number of anilines is 1. The van der Waals surface area contributed by atoms with Crippen LogP contribution >= 0.6 is 0 Å². The van der Waals surface area contributed by atoms with Crippen molar-refractivity contribution in [3.05, 3.63) is 23.9 Å². The summed E-state index contributed by atoms with van der Waals surface area (Å²) in [4.78, 5) is 2.49. The summed E-state index contributed by atoms with van der Waals surface area (Å²) in [6.07, 6.45) is -2.86. The molecule has 1 rings (SSSR count). The van der Waals surface area contributed by atoms with Crippen LogP contribution in [0.3, 0.4) is 0 Å². The van der Waals surface area contributed by atoms with E-state index in [2.05, 4.69) is 10.3 Å². The second-order valence-electron chi connectivity index (χ2n) is 2.99. The lowest BCUT2D eigenvalue weighted by Gasteiger charge is -2.04. The molecule has 0 aliphatic heterocycles. The van der Waals surface area contributed by atoms with E-state index in [1.54, 1.807) is 0 Å². The molecule has 3 nitrogen and oxygen atoms in total. The van der Waals surface area contributed by atoms with Crippen LogP contribution in [-0.2, 0) is 6.18 Å². The Balaban J connectivity index is 2.57. The molecule has 0 aromatic carbocycles. The third kappa shape index (κ3) is 3.75. The Kier molecular flexibility index (Phi) is 3.90.